The first-order chi connectivity index (χ1) is 11.7. The number of nitrogens with zero attached hydrogens (tertiary/aromatic N) is 4. The van der Waals surface area contributed by atoms with Crippen LogP contribution in [-0.2, 0) is 11.1 Å². The Morgan fingerprint density at radius 1 is 1.20 bits per heavy atom. The zero-order valence-electron chi connectivity index (χ0n) is 14.8. The second kappa shape index (κ2) is 6.28. The molecule has 7 heteroatoms. The van der Waals surface area contributed by atoms with E-state index in [1.807, 2.05) is 16.8 Å². The number of hydrogen-bond acceptors (Lipinski definition) is 5. The average Bonchev–Trinajstić information content (AvgIpc) is 2.97. The van der Waals surface area contributed by atoms with Crippen molar-refractivity contribution in [2.45, 2.75) is 38.8 Å². The van der Waals surface area contributed by atoms with Crippen molar-refractivity contribution in [3.05, 3.63) is 47.4 Å². The molecule has 0 saturated carbocycles. The highest BCUT2D eigenvalue weighted by molar-refractivity contribution is 6.30. The minimum atomic E-state index is -1.10. The Bertz CT molecular complexity index is 898. The van der Waals surface area contributed by atoms with Gasteiger partial charge in [-0.25, -0.2) is 14.6 Å². The van der Waals surface area contributed by atoms with Gasteiger partial charge >= 0.3 is 0 Å². The molecule has 1 atom stereocenters. The lowest BCUT2D eigenvalue weighted by Crippen LogP contribution is -2.31. The molecule has 3 rings (SSSR count). The summed E-state index contributed by atoms with van der Waals surface area (Å²) < 4.78 is 1.87. The normalized spacial score (nSPS) is 14.5. The van der Waals surface area contributed by atoms with Gasteiger partial charge in [-0.15, -0.1) is 0 Å². The molecular weight excluding hydrogens is 338 g/mol. The smallest absolute Gasteiger partial charge is 0.163 e. The molecule has 1 unspecified atom stereocenters. The van der Waals surface area contributed by atoms with Crippen LogP contribution in [0.5, 0.6) is 0 Å². The van der Waals surface area contributed by atoms with Crippen LogP contribution in [0, 0.1) is 0 Å². The molecule has 0 aliphatic carbocycles. The van der Waals surface area contributed by atoms with Crippen LogP contribution in [0.3, 0.4) is 0 Å². The zero-order valence-corrected chi connectivity index (χ0v) is 15.5. The van der Waals surface area contributed by atoms with Gasteiger partial charge in [-0.1, -0.05) is 23.7 Å². The largest absolute Gasteiger partial charge is 0.384 e. The first kappa shape index (κ1) is 17.6. The van der Waals surface area contributed by atoms with Crippen molar-refractivity contribution in [1.29, 1.82) is 0 Å². The maximum atomic E-state index is 10.8. The molecule has 2 heterocycles. The van der Waals surface area contributed by atoms with E-state index in [1.54, 1.807) is 25.3 Å². The molecule has 6 nitrogen and oxygen atoms in total. The minimum absolute atomic E-state index is 0.181. The second-order valence-electron chi connectivity index (χ2n) is 7.32. The predicted molar refractivity (Wildman–Crippen MR) is 99.8 cm³/mol. The molecule has 2 aromatic heterocycles. The summed E-state index contributed by atoms with van der Waals surface area (Å²) in [6.07, 6.45) is 3.25. The first-order valence-corrected chi connectivity index (χ1v) is 8.48. The lowest BCUT2D eigenvalue weighted by atomic mass is 9.96. The Morgan fingerprint density at radius 2 is 1.96 bits per heavy atom. The molecule has 0 amide bonds. The van der Waals surface area contributed by atoms with Crippen molar-refractivity contribution >= 4 is 28.5 Å². The van der Waals surface area contributed by atoms with Crippen LogP contribution in [-0.4, -0.2) is 31.4 Å². The van der Waals surface area contributed by atoms with Gasteiger partial charge in [0, 0.05) is 11.6 Å². The fraction of sp³-hybridized carbons (Fsp3) is 0.389. The van der Waals surface area contributed by atoms with Crippen LogP contribution in [0.15, 0.2) is 36.8 Å². The van der Waals surface area contributed by atoms with Gasteiger partial charge in [0.15, 0.2) is 5.65 Å². The summed E-state index contributed by atoms with van der Waals surface area (Å²) in [6.45, 7) is 8.22. The van der Waals surface area contributed by atoms with E-state index < -0.39 is 5.60 Å². The quantitative estimate of drug-likeness (QED) is 0.745. The maximum absolute atomic E-state index is 10.8. The van der Waals surface area contributed by atoms with Gasteiger partial charge in [0.05, 0.1) is 17.1 Å². The highest BCUT2D eigenvalue weighted by Gasteiger charge is 2.25. The summed E-state index contributed by atoms with van der Waals surface area (Å²) in [5.74, 6) is 0.641. The van der Waals surface area contributed by atoms with Gasteiger partial charge in [-0.2, -0.15) is 5.10 Å². The van der Waals surface area contributed by atoms with E-state index in [4.69, 9.17) is 11.6 Å². The van der Waals surface area contributed by atoms with Gasteiger partial charge in [0.1, 0.15) is 17.7 Å². The molecule has 2 N–H and O–H groups in total. The second-order valence-corrected chi connectivity index (χ2v) is 7.76. The Hall–Kier alpha value is -2.18. The number of aliphatic hydroxyl groups is 1. The summed E-state index contributed by atoms with van der Waals surface area (Å²) >= 11 is 6.03. The van der Waals surface area contributed by atoms with Crippen molar-refractivity contribution in [3.8, 4) is 0 Å². The lowest BCUT2D eigenvalue weighted by molar-refractivity contribution is 0.0715. The number of aromatic nitrogens is 4. The SMILES string of the molecule is CC(O)(CNc1ncnc2c1cnn2C(C)(C)C)c1cccc(Cl)c1. The Balaban J connectivity index is 1.87. The van der Waals surface area contributed by atoms with Gasteiger partial charge in [0.2, 0.25) is 0 Å². The summed E-state index contributed by atoms with van der Waals surface area (Å²) in [6, 6.07) is 7.21. The number of fused-ring (bicyclic) bond motifs is 1. The molecule has 0 aliphatic heterocycles. The third-order valence-electron chi connectivity index (χ3n) is 4.05. The molecule has 0 spiro atoms. The average molecular weight is 360 g/mol. The third-order valence-corrected chi connectivity index (χ3v) is 4.28. The van der Waals surface area contributed by atoms with Gasteiger partial charge in [-0.3, -0.25) is 0 Å². The number of benzene rings is 1. The number of halogens is 1. The van der Waals surface area contributed by atoms with Crippen molar-refractivity contribution < 1.29 is 5.11 Å². The van der Waals surface area contributed by atoms with Crippen molar-refractivity contribution in [2.75, 3.05) is 11.9 Å². The van der Waals surface area contributed by atoms with Crippen LogP contribution >= 0.6 is 11.6 Å². The Kier molecular flexibility index (Phi) is 4.43. The van der Waals surface area contributed by atoms with E-state index in [0.29, 0.717) is 10.8 Å². The van der Waals surface area contributed by atoms with Gasteiger partial charge < -0.3 is 10.4 Å². The number of nitrogens with one attached hydrogen (secondary N) is 1. The molecule has 132 valence electrons. The lowest BCUT2D eigenvalue weighted by Gasteiger charge is -2.25. The monoisotopic (exact) mass is 359 g/mol. The molecule has 25 heavy (non-hydrogen) atoms. The summed E-state index contributed by atoms with van der Waals surface area (Å²) in [7, 11) is 0. The molecule has 0 radical (unpaired) electrons. The van der Waals surface area contributed by atoms with E-state index in [0.717, 1.165) is 16.6 Å². The molecular formula is C18H22ClN5O. The van der Waals surface area contributed by atoms with Gasteiger partial charge in [-0.05, 0) is 45.4 Å². The van der Waals surface area contributed by atoms with Crippen LogP contribution in [0.1, 0.15) is 33.3 Å². The number of anilines is 1. The van der Waals surface area contributed by atoms with E-state index in [9.17, 15) is 5.11 Å². The first-order valence-electron chi connectivity index (χ1n) is 8.10. The minimum Gasteiger partial charge on any atom is -0.384 e. The molecule has 0 fully saturated rings. The molecule has 0 saturated heterocycles. The van der Waals surface area contributed by atoms with Crippen LogP contribution in [0.2, 0.25) is 5.02 Å². The maximum Gasteiger partial charge on any atom is 0.163 e. The highest BCUT2D eigenvalue weighted by atomic mass is 35.5. The third kappa shape index (κ3) is 3.60. The van der Waals surface area contributed by atoms with Crippen molar-refractivity contribution in [3.63, 3.8) is 0 Å². The molecule has 0 aliphatic rings. The summed E-state index contributed by atoms with van der Waals surface area (Å²) in [5, 5.41) is 19.9. The topological polar surface area (TPSA) is 75.9 Å². The zero-order chi connectivity index (χ0) is 18.2. The van der Waals surface area contributed by atoms with Crippen LogP contribution in [0.25, 0.3) is 11.0 Å². The van der Waals surface area contributed by atoms with E-state index in [2.05, 4.69) is 41.2 Å². The Morgan fingerprint density at radius 3 is 2.64 bits per heavy atom. The molecule has 0 bridgehead atoms. The number of rotatable bonds is 4. The van der Waals surface area contributed by atoms with E-state index >= 15 is 0 Å². The predicted octanol–water partition coefficient (Wildman–Crippen LogP) is 3.55. The van der Waals surface area contributed by atoms with Crippen LogP contribution in [0.4, 0.5) is 5.82 Å². The summed E-state index contributed by atoms with van der Waals surface area (Å²) in [4.78, 5) is 8.66. The molecule has 1 aromatic carbocycles. The van der Waals surface area contributed by atoms with Crippen molar-refractivity contribution in [1.82, 2.24) is 19.7 Å². The van der Waals surface area contributed by atoms with Crippen molar-refractivity contribution in [2.24, 2.45) is 0 Å². The number of hydrogen-bond donors (Lipinski definition) is 2. The molecule has 3 aromatic rings. The fourth-order valence-electron chi connectivity index (χ4n) is 2.66. The van der Waals surface area contributed by atoms with E-state index in [1.165, 1.54) is 6.33 Å². The summed E-state index contributed by atoms with van der Waals surface area (Å²) in [5.41, 5.74) is 0.220. The van der Waals surface area contributed by atoms with Gasteiger partial charge in [0.25, 0.3) is 0 Å². The van der Waals surface area contributed by atoms with Crippen LogP contribution < -0.4 is 5.32 Å². The standard InChI is InChI=1S/C18H22ClN5O/c1-17(2,3)24-16-14(9-23-24)15(21-11-22-16)20-10-18(4,25)12-6-5-7-13(19)8-12/h5-9,11,25H,10H2,1-4H3,(H,20,21,22). The fourth-order valence-corrected chi connectivity index (χ4v) is 2.85. The Labute approximate surface area is 151 Å². The highest BCUT2D eigenvalue weighted by Crippen LogP contribution is 2.27. The van der Waals surface area contributed by atoms with E-state index in [-0.39, 0.29) is 12.1 Å².